The van der Waals surface area contributed by atoms with Gasteiger partial charge in [-0.15, -0.1) is 0 Å². The van der Waals surface area contributed by atoms with Crippen LogP contribution in [0.2, 0.25) is 0 Å². The van der Waals surface area contributed by atoms with E-state index in [4.69, 9.17) is 0 Å². The third-order valence-electron chi connectivity index (χ3n) is 2.08. The van der Waals surface area contributed by atoms with Crippen LogP contribution in [0.3, 0.4) is 0 Å². The first-order valence-electron chi connectivity index (χ1n) is 3.94. The molecule has 0 aromatic heterocycles. The summed E-state index contributed by atoms with van der Waals surface area (Å²) in [4.78, 5) is 0.249. The largest absolute Gasteiger partial charge is 0.508 e. The van der Waals surface area contributed by atoms with Gasteiger partial charge in [-0.25, -0.2) is 8.42 Å². The number of hydrogen-bond acceptors (Lipinski definition) is 4. The van der Waals surface area contributed by atoms with E-state index in [1.165, 1.54) is 23.6 Å². The number of sulfone groups is 1. The Kier molecular flexibility index (Phi) is 2.08. The minimum Gasteiger partial charge on any atom is -0.508 e. The van der Waals surface area contributed by atoms with Gasteiger partial charge in [-0.1, -0.05) is 0 Å². The number of hydrogen-bond donors (Lipinski definition) is 2. The first-order valence-corrected chi connectivity index (χ1v) is 6.12. The molecule has 0 saturated heterocycles. The molecule has 1 aromatic carbocycles. The Morgan fingerprint density at radius 2 is 2.07 bits per heavy atom. The van der Waals surface area contributed by atoms with Crippen LogP contribution in [0.25, 0.3) is 5.57 Å². The maximum Gasteiger partial charge on any atom is 0.200 e. The highest BCUT2D eigenvalue weighted by Crippen LogP contribution is 2.35. The number of thiol groups is 1. The Labute approximate surface area is 87.4 Å². The maximum absolute atomic E-state index is 11.5. The van der Waals surface area contributed by atoms with E-state index in [1.807, 2.05) is 0 Å². The van der Waals surface area contributed by atoms with Crippen LogP contribution in [-0.2, 0) is 9.84 Å². The standard InChI is InChI=1S/C9H8O3S2/c10-7-1-2-9-8(3-7)6(4-13)5-14(9,11)12/h1-3,5,10,13H,4H2. The van der Waals surface area contributed by atoms with Crippen molar-refractivity contribution < 1.29 is 13.5 Å². The molecule has 0 spiro atoms. The Morgan fingerprint density at radius 1 is 1.36 bits per heavy atom. The molecule has 1 aromatic rings. The topological polar surface area (TPSA) is 54.4 Å². The van der Waals surface area contributed by atoms with Gasteiger partial charge in [0.15, 0.2) is 0 Å². The van der Waals surface area contributed by atoms with Crippen LogP contribution >= 0.6 is 12.6 Å². The quantitative estimate of drug-likeness (QED) is 0.715. The van der Waals surface area contributed by atoms with Crippen LogP contribution in [-0.4, -0.2) is 19.3 Å². The van der Waals surface area contributed by atoms with E-state index < -0.39 is 9.84 Å². The van der Waals surface area contributed by atoms with Crippen LogP contribution in [0.15, 0.2) is 28.5 Å². The summed E-state index contributed by atoms with van der Waals surface area (Å²) >= 11 is 4.04. The Balaban J connectivity index is 2.75. The first kappa shape index (κ1) is 9.61. The Morgan fingerprint density at radius 3 is 2.71 bits per heavy atom. The van der Waals surface area contributed by atoms with E-state index in [0.717, 1.165) is 0 Å². The van der Waals surface area contributed by atoms with E-state index in [0.29, 0.717) is 16.9 Å². The lowest BCUT2D eigenvalue weighted by Gasteiger charge is -2.01. The molecule has 5 heteroatoms. The average molecular weight is 228 g/mol. The molecule has 1 aliphatic rings. The van der Waals surface area contributed by atoms with Crippen molar-refractivity contribution in [1.29, 1.82) is 0 Å². The van der Waals surface area contributed by atoms with Crippen molar-refractivity contribution >= 4 is 28.0 Å². The van der Waals surface area contributed by atoms with Crippen LogP contribution in [0, 0.1) is 0 Å². The van der Waals surface area contributed by atoms with Crippen molar-refractivity contribution in [2.45, 2.75) is 4.90 Å². The highest BCUT2D eigenvalue weighted by atomic mass is 32.2. The van der Waals surface area contributed by atoms with Crippen molar-refractivity contribution in [3.05, 3.63) is 29.2 Å². The maximum atomic E-state index is 11.5. The number of benzene rings is 1. The predicted molar refractivity (Wildman–Crippen MR) is 57.1 cm³/mol. The van der Waals surface area contributed by atoms with E-state index in [2.05, 4.69) is 12.6 Å². The number of fused-ring (bicyclic) bond motifs is 1. The van der Waals surface area contributed by atoms with Crippen molar-refractivity contribution in [2.75, 3.05) is 5.75 Å². The van der Waals surface area contributed by atoms with Crippen molar-refractivity contribution in [3.8, 4) is 5.75 Å². The molecular formula is C9H8O3S2. The number of phenolic OH excluding ortho intramolecular Hbond substituents is 1. The zero-order chi connectivity index (χ0) is 10.3. The van der Waals surface area contributed by atoms with E-state index in [1.54, 1.807) is 0 Å². The molecule has 0 fully saturated rings. The van der Waals surface area contributed by atoms with Crippen LogP contribution in [0.5, 0.6) is 5.75 Å². The lowest BCUT2D eigenvalue weighted by Crippen LogP contribution is -1.92. The average Bonchev–Trinajstić information content (AvgIpc) is 2.37. The molecule has 1 heterocycles. The molecule has 0 saturated carbocycles. The van der Waals surface area contributed by atoms with E-state index >= 15 is 0 Å². The zero-order valence-electron chi connectivity index (χ0n) is 7.14. The van der Waals surface area contributed by atoms with Crippen LogP contribution in [0.1, 0.15) is 5.56 Å². The molecule has 3 nitrogen and oxygen atoms in total. The summed E-state index contributed by atoms with van der Waals surface area (Å²) in [6.07, 6.45) is 0. The summed E-state index contributed by atoms with van der Waals surface area (Å²) in [6.45, 7) is 0. The summed E-state index contributed by atoms with van der Waals surface area (Å²) in [5, 5.41) is 10.4. The van der Waals surface area contributed by atoms with Crippen LogP contribution in [0.4, 0.5) is 0 Å². The summed E-state index contributed by atoms with van der Waals surface area (Å²) in [5.41, 5.74) is 1.18. The summed E-state index contributed by atoms with van der Waals surface area (Å²) in [6, 6.07) is 4.22. The summed E-state index contributed by atoms with van der Waals surface area (Å²) in [7, 11) is -3.31. The van der Waals surface area contributed by atoms with Crippen molar-refractivity contribution in [3.63, 3.8) is 0 Å². The second-order valence-electron chi connectivity index (χ2n) is 3.03. The molecule has 0 aliphatic carbocycles. The van der Waals surface area contributed by atoms with Crippen molar-refractivity contribution in [2.24, 2.45) is 0 Å². The molecule has 0 atom stereocenters. The molecule has 14 heavy (non-hydrogen) atoms. The number of aromatic hydroxyl groups is 1. The molecule has 0 radical (unpaired) electrons. The number of rotatable bonds is 1. The van der Waals surface area contributed by atoms with Gasteiger partial charge in [0.1, 0.15) is 5.75 Å². The third kappa shape index (κ3) is 1.33. The summed E-state index contributed by atoms with van der Waals surface area (Å²) < 4.78 is 23.1. The molecule has 1 aliphatic heterocycles. The Bertz CT molecular complexity index is 515. The highest BCUT2D eigenvalue weighted by Gasteiger charge is 2.26. The van der Waals surface area contributed by atoms with Gasteiger partial charge < -0.3 is 5.11 Å². The van der Waals surface area contributed by atoms with Gasteiger partial charge in [-0.05, 0) is 23.8 Å². The SMILES string of the molecule is O=S1(=O)C=C(CS)c2cc(O)ccc21. The fourth-order valence-corrected chi connectivity index (χ4v) is 3.30. The minimum atomic E-state index is -3.31. The lowest BCUT2D eigenvalue weighted by atomic mass is 10.1. The van der Waals surface area contributed by atoms with Gasteiger partial charge in [0.2, 0.25) is 9.84 Å². The van der Waals surface area contributed by atoms with E-state index in [-0.39, 0.29) is 10.6 Å². The molecule has 74 valence electrons. The predicted octanol–water partition coefficient (Wildman–Crippen LogP) is 1.45. The second kappa shape index (κ2) is 3.03. The molecule has 2 rings (SSSR count). The van der Waals surface area contributed by atoms with Crippen molar-refractivity contribution in [1.82, 2.24) is 0 Å². The van der Waals surface area contributed by atoms with Gasteiger partial charge in [0.25, 0.3) is 0 Å². The molecule has 0 amide bonds. The molecular weight excluding hydrogens is 220 g/mol. The van der Waals surface area contributed by atoms with Gasteiger partial charge in [-0.2, -0.15) is 12.6 Å². The van der Waals surface area contributed by atoms with Gasteiger partial charge in [0, 0.05) is 16.7 Å². The minimum absolute atomic E-state index is 0.0635. The number of phenols is 1. The highest BCUT2D eigenvalue weighted by molar-refractivity contribution is 7.95. The van der Waals surface area contributed by atoms with Gasteiger partial charge >= 0.3 is 0 Å². The fourth-order valence-electron chi connectivity index (χ4n) is 1.45. The monoisotopic (exact) mass is 228 g/mol. The summed E-state index contributed by atoms with van der Waals surface area (Å²) in [5.74, 6) is 0.406. The van der Waals surface area contributed by atoms with Gasteiger partial charge in [0.05, 0.1) is 4.90 Å². The van der Waals surface area contributed by atoms with Gasteiger partial charge in [-0.3, -0.25) is 0 Å². The molecule has 0 unspecified atom stereocenters. The zero-order valence-corrected chi connectivity index (χ0v) is 8.85. The van der Waals surface area contributed by atoms with E-state index in [9.17, 15) is 13.5 Å². The first-order chi connectivity index (χ1) is 6.54. The smallest absolute Gasteiger partial charge is 0.200 e. The fraction of sp³-hybridized carbons (Fsp3) is 0.111. The molecule has 0 bridgehead atoms. The second-order valence-corrected chi connectivity index (χ2v) is 5.11. The third-order valence-corrected chi connectivity index (χ3v) is 3.99. The lowest BCUT2D eigenvalue weighted by molar-refractivity contribution is 0.474. The molecule has 1 N–H and O–H groups in total. The Hall–Kier alpha value is -0.940. The normalized spacial score (nSPS) is 17.6. The van der Waals surface area contributed by atoms with Crippen LogP contribution < -0.4 is 0 Å².